The van der Waals surface area contributed by atoms with Gasteiger partial charge < -0.3 is 10.5 Å². The fourth-order valence-electron chi connectivity index (χ4n) is 1.68. The van der Waals surface area contributed by atoms with Crippen molar-refractivity contribution in [3.05, 3.63) is 5.73 Å². The minimum atomic E-state index is -0.947. The van der Waals surface area contributed by atoms with E-state index in [2.05, 4.69) is 5.32 Å². The Morgan fingerprint density at radius 3 is 1.73 bits per heavy atom. The molecule has 0 amide bonds. The zero-order chi connectivity index (χ0) is 16.3. The van der Waals surface area contributed by atoms with Crippen LogP contribution in [0.5, 0.6) is 0 Å². The number of carbonyl (C=O) groups excluding carboxylic acids is 2. The Hall–Kier alpha value is 0.164. The van der Waals surface area contributed by atoms with Crippen LogP contribution in [0.3, 0.4) is 0 Å². The van der Waals surface area contributed by atoms with Gasteiger partial charge in [0.05, 0.1) is 0 Å². The van der Waals surface area contributed by atoms with E-state index in [0.29, 0.717) is 0 Å². The fourth-order valence-corrected chi connectivity index (χ4v) is 1.68. The number of hydrogen-bond acceptors (Lipinski definition) is 4. The van der Waals surface area contributed by atoms with E-state index in [0.717, 1.165) is 0 Å². The van der Waals surface area contributed by atoms with Crippen molar-refractivity contribution in [3.8, 4) is 0 Å². The summed E-state index contributed by atoms with van der Waals surface area (Å²) >= 11 is 0. The first kappa shape index (κ1) is 27.0. The van der Waals surface area contributed by atoms with Gasteiger partial charge in [0, 0.05) is 43.7 Å². The fraction of sp³-hybridized carbons (Fsp3) is 0.875. The van der Waals surface area contributed by atoms with Crippen molar-refractivity contribution in [2.75, 3.05) is 0 Å². The number of hydrogen-bond donors (Lipinski definition) is 1. The molecule has 129 valence electrons. The molecule has 0 rings (SSSR count). The van der Waals surface area contributed by atoms with E-state index in [-0.39, 0.29) is 51.5 Å². The second kappa shape index (κ2) is 10.1. The molecule has 0 aromatic heterocycles. The van der Waals surface area contributed by atoms with Gasteiger partial charge >= 0.3 is 0 Å². The van der Waals surface area contributed by atoms with Gasteiger partial charge in [-0.2, -0.15) is 0 Å². The van der Waals surface area contributed by atoms with Gasteiger partial charge in [-0.25, -0.2) is 0 Å². The number of ether oxygens (including phenoxy) is 1. The minimum Gasteiger partial charge on any atom is -0.666 e. The van der Waals surface area contributed by atoms with Crippen molar-refractivity contribution in [2.24, 2.45) is 5.41 Å². The molecular formula is C16H33N2O3Y-. The molecule has 6 heteroatoms. The van der Waals surface area contributed by atoms with Crippen molar-refractivity contribution in [1.29, 1.82) is 0 Å². The quantitative estimate of drug-likeness (QED) is 0.730. The molecule has 3 atom stereocenters. The third kappa shape index (κ3) is 10.0. The number of nitrogens with one attached hydrogen (secondary N) is 2. The van der Waals surface area contributed by atoms with Crippen LogP contribution in [0, 0.1) is 5.41 Å². The third-order valence-corrected chi connectivity index (χ3v) is 2.74. The Balaban J connectivity index is -0.00000180. The van der Waals surface area contributed by atoms with Crippen LogP contribution in [-0.4, -0.2) is 35.5 Å². The molecule has 5 nitrogen and oxygen atoms in total. The molecule has 0 heterocycles. The van der Waals surface area contributed by atoms with E-state index in [1.807, 2.05) is 41.5 Å². The van der Waals surface area contributed by atoms with E-state index in [1.54, 1.807) is 6.92 Å². The largest absolute Gasteiger partial charge is 0.666 e. The summed E-state index contributed by atoms with van der Waals surface area (Å²) < 4.78 is 5.23. The first-order valence-electron chi connectivity index (χ1n) is 6.99. The molecule has 2 N–H and O–H groups in total. The van der Waals surface area contributed by atoms with Crippen molar-refractivity contribution >= 4 is 11.8 Å². The summed E-state index contributed by atoms with van der Waals surface area (Å²) in [6.07, 6.45) is -0.610. The van der Waals surface area contributed by atoms with E-state index in [4.69, 9.17) is 10.5 Å². The zero-order valence-electron chi connectivity index (χ0n) is 14.5. The molecule has 0 aliphatic heterocycles. The van der Waals surface area contributed by atoms with Gasteiger partial charge in [0.1, 0.15) is 12.1 Å². The first-order valence-corrected chi connectivity index (χ1v) is 6.99. The Kier molecular flexibility index (Phi) is 12.4. The van der Waals surface area contributed by atoms with E-state index in [9.17, 15) is 9.59 Å². The average molecular weight is 390 g/mol. The summed E-state index contributed by atoms with van der Waals surface area (Å²) in [5, 5.41) is 3.22. The molecule has 0 saturated carbocycles. The summed E-state index contributed by atoms with van der Waals surface area (Å²) in [6, 6.07) is -1.53. The van der Waals surface area contributed by atoms with Gasteiger partial charge in [-0.15, -0.1) is 0 Å². The maximum Gasteiger partial charge on any atom is 0.287 e. The molecule has 0 aromatic carbocycles. The zero-order valence-corrected chi connectivity index (χ0v) is 17.4. The smallest absolute Gasteiger partial charge is 0.287 e. The topological polar surface area (TPSA) is 79.2 Å². The maximum absolute atomic E-state index is 12.5. The van der Waals surface area contributed by atoms with Crippen molar-refractivity contribution in [2.45, 2.75) is 86.5 Å². The molecule has 0 aliphatic rings. The number of ketones is 1. The monoisotopic (exact) mass is 390 g/mol. The second-order valence-electron chi connectivity index (χ2n) is 7.35. The second-order valence-corrected chi connectivity index (χ2v) is 7.35. The maximum atomic E-state index is 12.5. The van der Waals surface area contributed by atoms with Crippen LogP contribution in [0.1, 0.15) is 62.8 Å². The summed E-state index contributed by atoms with van der Waals surface area (Å²) in [6.45, 7) is 14.5. The van der Waals surface area contributed by atoms with E-state index < -0.39 is 29.6 Å². The SMILES string of the molecule is C.CC([NH-])C(=O)OC(C)C(NC(C)(C)C)C(=O)C(C)(C)C.[Y]. The van der Waals surface area contributed by atoms with Gasteiger partial charge in [-0.05, 0) is 33.7 Å². The van der Waals surface area contributed by atoms with E-state index >= 15 is 0 Å². The average Bonchev–Trinajstić information content (AvgIpc) is 2.21. The Morgan fingerprint density at radius 1 is 1.05 bits per heavy atom. The van der Waals surface area contributed by atoms with Crippen molar-refractivity contribution in [1.82, 2.24) is 5.32 Å². The Morgan fingerprint density at radius 2 is 1.45 bits per heavy atom. The van der Waals surface area contributed by atoms with Gasteiger partial charge in [-0.3, -0.25) is 14.9 Å². The predicted molar refractivity (Wildman–Crippen MR) is 87.2 cm³/mol. The van der Waals surface area contributed by atoms with Gasteiger partial charge in [-0.1, -0.05) is 35.1 Å². The van der Waals surface area contributed by atoms with Gasteiger partial charge in [0.25, 0.3) is 5.97 Å². The van der Waals surface area contributed by atoms with E-state index in [1.165, 1.54) is 6.92 Å². The summed E-state index contributed by atoms with van der Waals surface area (Å²) in [7, 11) is 0. The number of rotatable bonds is 5. The summed E-state index contributed by atoms with van der Waals surface area (Å²) in [5.74, 6) is -0.620. The molecule has 0 bridgehead atoms. The van der Waals surface area contributed by atoms with Gasteiger partial charge in [0.2, 0.25) is 0 Å². The van der Waals surface area contributed by atoms with Crippen LogP contribution >= 0.6 is 0 Å². The summed E-state index contributed by atoms with van der Waals surface area (Å²) in [4.78, 5) is 24.1. The van der Waals surface area contributed by atoms with Crippen LogP contribution in [0.2, 0.25) is 0 Å². The molecule has 0 saturated heterocycles. The Bertz CT molecular complexity index is 357. The van der Waals surface area contributed by atoms with Crippen molar-refractivity contribution < 1.29 is 47.0 Å². The number of esters is 1. The van der Waals surface area contributed by atoms with Crippen LogP contribution in [0.25, 0.3) is 5.73 Å². The molecule has 3 unspecified atom stereocenters. The summed E-state index contributed by atoms with van der Waals surface area (Å²) in [5.41, 5.74) is 6.54. The van der Waals surface area contributed by atoms with Crippen LogP contribution in [0.4, 0.5) is 0 Å². The van der Waals surface area contributed by atoms with Crippen molar-refractivity contribution in [3.63, 3.8) is 0 Å². The molecule has 0 spiro atoms. The van der Waals surface area contributed by atoms with Crippen LogP contribution < -0.4 is 5.32 Å². The molecule has 0 fully saturated rings. The van der Waals surface area contributed by atoms with Crippen LogP contribution in [-0.2, 0) is 47.0 Å². The normalized spacial score (nSPS) is 15.7. The molecule has 1 radical (unpaired) electrons. The molecule has 0 aromatic rings. The Labute approximate surface area is 161 Å². The first-order chi connectivity index (χ1) is 8.75. The predicted octanol–water partition coefficient (Wildman–Crippen LogP) is 3.36. The molecule has 0 aliphatic carbocycles. The standard InChI is InChI=1S/C15H29N2O3.CH4.Y/c1-9(16)13(19)20-10(2)11(17-15(6,7)8)12(18)14(3,4)5;;/h9-11,16-17H,1-8H3;1H4;/q-1;;. The van der Waals surface area contributed by atoms with Crippen LogP contribution in [0.15, 0.2) is 0 Å². The minimum absolute atomic E-state index is 0. The molecular weight excluding hydrogens is 357 g/mol. The van der Waals surface area contributed by atoms with Gasteiger partial charge in [0.15, 0.2) is 5.78 Å². The third-order valence-electron chi connectivity index (χ3n) is 2.74. The number of carbonyl (C=O) groups is 2. The molecule has 22 heavy (non-hydrogen) atoms. The number of Topliss-reactive ketones (excluding diaryl/α,β-unsaturated/α-hetero) is 1.